The van der Waals surface area contributed by atoms with Crippen molar-refractivity contribution in [3.63, 3.8) is 0 Å². The SMILES string of the molecule is CCN(CCCN(C)C)c1ccc(Br)cc1C(C)O. The van der Waals surface area contributed by atoms with Crippen LogP contribution in [0.25, 0.3) is 0 Å². The van der Waals surface area contributed by atoms with Crippen LogP contribution in [0.15, 0.2) is 22.7 Å². The van der Waals surface area contributed by atoms with Crippen LogP contribution >= 0.6 is 15.9 Å². The summed E-state index contributed by atoms with van der Waals surface area (Å²) in [5, 5.41) is 9.93. The summed E-state index contributed by atoms with van der Waals surface area (Å²) in [5.41, 5.74) is 2.13. The molecule has 1 atom stereocenters. The van der Waals surface area contributed by atoms with Gasteiger partial charge in [-0.2, -0.15) is 0 Å². The number of anilines is 1. The molecule has 1 unspecified atom stereocenters. The third-order valence-corrected chi connectivity index (χ3v) is 3.69. The molecule has 1 aromatic carbocycles. The number of aliphatic hydroxyl groups excluding tert-OH is 1. The summed E-state index contributed by atoms with van der Waals surface area (Å²) in [7, 11) is 4.19. The Hall–Kier alpha value is -0.580. The molecule has 0 bridgehead atoms. The minimum absolute atomic E-state index is 0.449. The van der Waals surface area contributed by atoms with Crippen LogP contribution in [0.3, 0.4) is 0 Å². The Kier molecular flexibility index (Phi) is 6.83. The molecule has 0 aliphatic carbocycles. The lowest BCUT2D eigenvalue weighted by Crippen LogP contribution is -2.28. The van der Waals surface area contributed by atoms with Crippen molar-refractivity contribution in [2.45, 2.75) is 26.4 Å². The maximum absolute atomic E-state index is 9.93. The molecule has 0 radical (unpaired) electrons. The molecular weight excluding hydrogens is 304 g/mol. The zero-order chi connectivity index (χ0) is 14.4. The number of halogens is 1. The van der Waals surface area contributed by atoms with E-state index in [1.165, 1.54) is 0 Å². The second-order valence-corrected chi connectivity index (χ2v) is 6.03. The number of rotatable bonds is 7. The number of aliphatic hydroxyl groups is 1. The van der Waals surface area contributed by atoms with Crippen molar-refractivity contribution < 1.29 is 5.11 Å². The topological polar surface area (TPSA) is 26.7 Å². The summed E-state index contributed by atoms with van der Waals surface area (Å²) in [4.78, 5) is 4.53. The molecule has 1 N–H and O–H groups in total. The quantitative estimate of drug-likeness (QED) is 0.832. The predicted octanol–water partition coefficient (Wildman–Crippen LogP) is 3.28. The lowest BCUT2D eigenvalue weighted by molar-refractivity contribution is 0.199. The normalized spacial score (nSPS) is 12.8. The van der Waals surface area contributed by atoms with Crippen molar-refractivity contribution in [2.75, 3.05) is 38.6 Å². The van der Waals surface area contributed by atoms with Crippen molar-refractivity contribution in [1.82, 2.24) is 4.90 Å². The Morgan fingerprint density at radius 2 is 1.95 bits per heavy atom. The highest BCUT2D eigenvalue weighted by Gasteiger charge is 2.13. The summed E-state index contributed by atoms with van der Waals surface area (Å²) >= 11 is 3.47. The Morgan fingerprint density at radius 3 is 2.47 bits per heavy atom. The van der Waals surface area contributed by atoms with Gasteiger partial charge in [0.05, 0.1) is 6.10 Å². The van der Waals surface area contributed by atoms with Crippen LogP contribution in [0.5, 0.6) is 0 Å². The molecule has 0 saturated carbocycles. The van der Waals surface area contributed by atoms with Crippen LogP contribution in [-0.2, 0) is 0 Å². The Labute approximate surface area is 125 Å². The zero-order valence-corrected chi connectivity index (χ0v) is 13.9. The smallest absolute Gasteiger partial charge is 0.0782 e. The molecule has 0 spiro atoms. The maximum atomic E-state index is 9.93. The van der Waals surface area contributed by atoms with Crippen molar-refractivity contribution in [3.8, 4) is 0 Å². The van der Waals surface area contributed by atoms with Gasteiger partial charge >= 0.3 is 0 Å². The zero-order valence-electron chi connectivity index (χ0n) is 12.4. The van der Waals surface area contributed by atoms with E-state index in [1.807, 2.05) is 19.1 Å². The molecule has 0 aliphatic rings. The molecule has 1 rings (SSSR count). The molecule has 108 valence electrons. The molecule has 0 fully saturated rings. The van der Waals surface area contributed by atoms with E-state index < -0.39 is 6.10 Å². The molecule has 19 heavy (non-hydrogen) atoms. The fourth-order valence-electron chi connectivity index (χ4n) is 2.17. The van der Waals surface area contributed by atoms with Crippen LogP contribution in [-0.4, -0.2) is 43.7 Å². The van der Waals surface area contributed by atoms with E-state index in [2.05, 4.69) is 52.8 Å². The third kappa shape index (κ3) is 5.13. The van der Waals surface area contributed by atoms with Gasteiger partial charge in [-0.15, -0.1) is 0 Å². The molecule has 3 nitrogen and oxygen atoms in total. The van der Waals surface area contributed by atoms with Gasteiger partial charge in [-0.3, -0.25) is 0 Å². The van der Waals surface area contributed by atoms with Crippen LogP contribution in [0.4, 0.5) is 5.69 Å². The van der Waals surface area contributed by atoms with Gasteiger partial charge in [-0.25, -0.2) is 0 Å². The van der Waals surface area contributed by atoms with E-state index in [0.717, 1.165) is 41.8 Å². The van der Waals surface area contributed by atoms with E-state index in [1.54, 1.807) is 0 Å². The molecule has 1 aromatic rings. The molecule has 0 amide bonds. The molecule has 0 heterocycles. The number of nitrogens with zero attached hydrogens (tertiary/aromatic N) is 2. The first-order chi connectivity index (χ1) is 8.95. The van der Waals surface area contributed by atoms with Gasteiger partial charge < -0.3 is 14.9 Å². The third-order valence-electron chi connectivity index (χ3n) is 3.20. The molecular formula is C15H25BrN2O. The van der Waals surface area contributed by atoms with Crippen molar-refractivity contribution >= 4 is 21.6 Å². The summed E-state index contributed by atoms with van der Waals surface area (Å²) in [6.45, 7) is 7.02. The summed E-state index contributed by atoms with van der Waals surface area (Å²) < 4.78 is 1.01. The molecule has 0 aliphatic heterocycles. The Morgan fingerprint density at radius 1 is 1.26 bits per heavy atom. The van der Waals surface area contributed by atoms with E-state index in [9.17, 15) is 5.11 Å². The first-order valence-electron chi connectivity index (χ1n) is 6.83. The second kappa shape index (κ2) is 7.88. The summed E-state index contributed by atoms with van der Waals surface area (Å²) in [6, 6.07) is 6.13. The highest BCUT2D eigenvalue weighted by atomic mass is 79.9. The highest BCUT2D eigenvalue weighted by molar-refractivity contribution is 9.10. The van der Waals surface area contributed by atoms with Crippen molar-refractivity contribution in [1.29, 1.82) is 0 Å². The van der Waals surface area contributed by atoms with E-state index >= 15 is 0 Å². The van der Waals surface area contributed by atoms with Gasteiger partial charge in [0.2, 0.25) is 0 Å². The highest BCUT2D eigenvalue weighted by Crippen LogP contribution is 2.29. The van der Waals surface area contributed by atoms with Gasteiger partial charge in [0.15, 0.2) is 0 Å². The van der Waals surface area contributed by atoms with Crippen LogP contribution in [0.1, 0.15) is 31.9 Å². The monoisotopic (exact) mass is 328 g/mol. The van der Waals surface area contributed by atoms with Crippen LogP contribution in [0.2, 0.25) is 0 Å². The average Bonchev–Trinajstić information content (AvgIpc) is 2.34. The van der Waals surface area contributed by atoms with Crippen LogP contribution in [0, 0.1) is 0 Å². The van der Waals surface area contributed by atoms with Crippen molar-refractivity contribution in [3.05, 3.63) is 28.2 Å². The second-order valence-electron chi connectivity index (χ2n) is 5.12. The van der Waals surface area contributed by atoms with Crippen molar-refractivity contribution in [2.24, 2.45) is 0 Å². The molecule has 4 heteroatoms. The van der Waals surface area contributed by atoms with Gasteiger partial charge in [-0.1, -0.05) is 15.9 Å². The predicted molar refractivity (Wildman–Crippen MR) is 85.8 cm³/mol. The number of hydrogen-bond donors (Lipinski definition) is 1. The fourth-order valence-corrected chi connectivity index (χ4v) is 2.55. The lowest BCUT2D eigenvalue weighted by Gasteiger charge is -2.27. The van der Waals surface area contributed by atoms with Gasteiger partial charge in [0, 0.05) is 28.8 Å². The van der Waals surface area contributed by atoms with E-state index in [4.69, 9.17) is 0 Å². The molecule has 0 saturated heterocycles. The lowest BCUT2D eigenvalue weighted by atomic mass is 10.1. The average molecular weight is 329 g/mol. The minimum atomic E-state index is -0.449. The van der Waals surface area contributed by atoms with Gasteiger partial charge in [0.1, 0.15) is 0 Å². The fraction of sp³-hybridized carbons (Fsp3) is 0.600. The molecule has 0 aromatic heterocycles. The maximum Gasteiger partial charge on any atom is 0.0782 e. The van der Waals surface area contributed by atoms with Crippen LogP contribution < -0.4 is 4.90 Å². The first-order valence-corrected chi connectivity index (χ1v) is 7.62. The summed E-state index contributed by atoms with van der Waals surface area (Å²) in [5.74, 6) is 0. The number of benzene rings is 1. The Bertz CT molecular complexity index is 394. The van der Waals surface area contributed by atoms with E-state index in [-0.39, 0.29) is 0 Å². The minimum Gasteiger partial charge on any atom is -0.389 e. The largest absolute Gasteiger partial charge is 0.389 e. The van der Waals surface area contributed by atoms with Gasteiger partial charge in [0.25, 0.3) is 0 Å². The summed E-state index contributed by atoms with van der Waals surface area (Å²) in [6.07, 6.45) is 0.672. The Balaban J connectivity index is 2.85. The number of hydrogen-bond acceptors (Lipinski definition) is 3. The van der Waals surface area contributed by atoms with Gasteiger partial charge in [-0.05, 0) is 59.1 Å². The standard InChI is InChI=1S/C15H25BrN2O/c1-5-18(10-6-9-17(3)4)15-8-7-13(16)11-14(15)12(2)19/h7-8,11-12,19H,5-6,9-10H2,1-4H3. The first kappa shape index (κ1) is 16.5. The van der Waals surface area contributed by atoms with E-state index in [0.29, 0.717) is 0 Å².